The van der Waals surface area contributed by atoms with Crippen LogP contribution in [-0.2, 0) is 4.79 Å². The highest BCUT2D eigenvalue weighted by Gasteiger charge is 2.30. The maximum atomic E-state index is 12.2. The molecule has 0 bridgehead atoms. The quantitative estimate of drug-likeness (QED) is 0.906. The van der Waals surface area contributed by atoms with Crippen molar-refractivity contribution in [3.63, 3.8) is 0 Å². The Morgan fingerprint density at radius 2 is 2.25 bits per heavy atom. The average molecular weight is 289 g/mol. The number of thiophene rings is 1. The molecular weight excluding hydrogens is 274 g/mol. The number of rotatable bonds is 4. The summed E-state index contributed by atoms with van der Waals surface area (Å²) in [5, 5.41) is 14.7. The Bertz CT molecular complexity index is 597. The molecule has 5 heteroatoms. The molecule has 0 unspecified atom stereocenters. The molecule has 1 aliphatic heterocycles. The van der Waals surface area contributed by atoms with Crippen LogP contribution in [0.4, 0.5) is 0 Å². The van der Waals surface area contributed by atoms with Crippen molar-refractivity contribution < 1.29 is 14.6 Å². The maximum Gasteiger partial charge on any atom is 0.231 e. The van der Waals surface area contributed by atoms with Crippen LogP contribution in [0.15, 0.2) is 41.8 Å². The van der Waals surface area contributed by atoms with Crippen molar-refractivity contribution in [2.75, 3.05) is 13.2 Å². The second kappa shape index (κ2) is 5.64. The number of aliphatic hydroxyl groups excluding tert-OH is 1. The fourth-order valence-electron chi connectivity index (χ4n) is 2.28. The minimum absolute atomic E-state index is 0.106. The van der Waals surface area contributed by atoms with Crippen LogP contribution in [0.2, 0.25) is 0 Å². The Kier molecular flexibility index (Phi) is 3.71. The molecule has 0 saturated carbocycles. The van der Waals surface area contributed by atoms with Crippen molar-refractivity contribution in [1.29, 1.82) is 0 Å². The summed E-state index contributed by atoms with van der Waals surface area (Å²) < 4.78 is 5.49. The summed E-state index contributed by atoms with van der Waals surface area (Å²) in [5.74, 6) is 0.374. The number of aliphatic hydroxyl groups is 1. The fourth-order valence-corrected chi connectivity index (χ4v) is 2.99. The number of hydrogen-bond donors (Lipinski definition) is 2. The third-order valence-corrected chi connectivity index (χ3v) is 4.33. The lowest BCUT2D eigenvalue weighted by atomic mass is 10.0. The Morgan fingerprint density at radius 3 is 3.05 bits per heavy atom. The zero-order valence-corrected chi connectivity index (χ0v) is 11.6. The van der Waals surface area contributed by atoms with Gasteiger partial charge in [0.25, 0.3) is 0 Å². The number of nitrogens with one attached hydrogen (secondary N) is 1. The molecule has 1 aromatic heterocycles. The van der Waals surface area contributed by atoms with Gasteiger partial charge in [0.1, 0.15) is 24.4 Å². The van der Waals surface area contributed by atoms with Gasteiger partial charge in [0.15, 0.2) is 0 Å². The van der Waals surface area contributed by atoms with Crippen LogP contribution in [0, 0.1) is 0 Å². The molecule has 2 aromatic rings. The molecule has 2 heterocycles. The van der Waals surface area contributed by atoms with Crippen LogP contribution in [0.25, 0.3) is 0 Å². The molecule has 3 rings (SSSR count). The van der Waals surface area contributed by atoms with Gasteiger partial charge in [-0.1, -0.05) is 24.3 Å². The van der Waals surface area contributed by atoms with Crippen molar-refractivity contribution in [1.82, 2.24) is 5.32 Å². The molecule has 2 N–H and O–H groups in total. The van der Waals surface area contributed by atoms with Crippen molar-refractivity contribution >= 4 is 17.2 Å². The average Bonchev–Trinajstić information content (AvgIpc) is 3.13. The van der Waals surface area contributed by atoms with E-state index >= 15 is 0 Å². The van der Waals surface area contributed by atoms with E-state index in [1.165, 1.54) is 11.3 Å². The van der Waals surface area contributed by atoms with Gasteiger partial charge in [-0.3, -0.25) is 4.79 Å². The first-order valence-electron chi connectivity index (χ1n) is 6.46. The molecule has 1 amide bonds. The third-order valence-electron chi connectivity index (χ3n) is 3.36. The Labute approximate surface area is 121 Å². The van der Waals surface area contributed by atoms with Crippen LogP contribution >= 0.6 is 11.3 Å². The smallest absolute Gasteiger partial charge is 0.231 e. The molecule has 104 valence electrons. The molecule has 0 saturated heterocycles. The van der Waals surface area contributed by atoms with Crippen LogP contribution in [0.3, 0.4) is 0 Å². The second-order valence-electron chi connectivity index (χ2n) is 4.68. The molecule has 20 heavy (non-hydrogen) atoms. The first-order valence-corrected chi connectivity index (χ1v) is 7.34. The summed E-state index contributed by atoms with van der Waals surface area (Å²) in [6.45, 7) is 0.582. The van der Waals surface area contributed by atoms with Crippen LogP contribution < -0.4 is 10.1 Å². The molecule has 0 radical (unpaired) electrons. The molecule has 1 aromatic carbocycles. The lowest BCUT2D eigenvalue weighted by Gasteiger charge is -2.13. The number of ether oxygens (including phenoxy) is 1. The zero-order chi connectivity index (χ0) is 13.9. The van der Waals surface area contributed by atoms with Crippen molar-refractivity contribution in [3.05, 3.63) is 52.2 Å². The molecule has 0 spiro atoms. The minimum atomic E-state index is -0.656. The predicted molar refractivity (Wildman–Crippen MR) is 77.0 cm³/mol. The highest BCUT2D eigenvalue weighted by Crippen LogP contribution is 2.33. The van der Waals surface area contributed by atoms with E-state index in [1.807, 2.05) is 41.8 Å². The van der Waals surface area contributed by atoms with Gasteiger partial charge >= 0.3 is 0 Å². The molecule has 4 nitrogen and oxygen atoms in total. The number of amides is 1. The van der Waals surface area contributed by atoms with Gasteiger partial charge in [-0.15, -0.1) is 11.3 Å². The van der Waals surface area contributed by atoms with E-state index in [4.69, 9.17) is 4.74 Å². The van der Waals surface area contributed by atoms with Gasteiger partial charge in [-0.25, -0.2) is 0 Å². The van der Waals surface area contributed by atoms with E-state index in [9.17, 15) is 9.90 Å². The van der Waals surface area contributed by atoms with Crippen LogP contribution in [0.5, 0.6) is 5.75 Å². The van der Waals surface area contributed by atoms with Crippen LogP contribution in [-0.4, -0.2) is 24.2 Å². The fraction of sp³-hybridized carbons (Fsp3) is 0.267. The van der Waals surface area contributed by atoms with Crippen molar-refractivity contribution in [2.24, 2.45) is 0 Å². The van der Waals surface area contributed by atoms with Crippen molar-refractivity contribution in [2.45, 2.75) is 12.0 Å². The normalized spacial score (nSPS) is 18.1. The van der Waals surface area contributed by atoms with E-state index < -0.39 is 6.10 Å². The highest BCUT2D eigenvalue weighted by molar-refractivity contribution is 7.10. The Hall–Kier alpha value is -1.85. The maximum absolute atomic E-state index is 12.2. The number of carbonyl (C=O) groups excluding carboxylic acids is 1. The third kappa shape index (κ3) is 2.55. The second-order valence-corrected chi connectivity index (χ2v) is 5.66. The van der Waals surface area contributed by atoms with Gasteiger partial charge in [-0.2, -0.15) is 0 Å². The largest absolute Gasteiger partial charge is 0.492 e. The standard InChI is InChI=1S/C15H15NO3S/c17-12(14-6-3-7-20-14)8-16-15(18)11-9-19-13-5-2-1-4-10(11)13/h1-7,11-12,17H,8-9H2,(H,16,18)/t11-,12-/m1/s1. The number of hydrogen-bond acceptors (Lipinski definition) is 4. The van der Waals surface area contributed by atoms with Crippen molar-refractivity contribution in [3.8, 4) is 5.75 Å². The van der Waals surface area contributed by atoms with Crippen LogP contribution in [0.1, 0.15) is 22.5 Å². The van der Waals surface area contributed by atoms with E-state index in [0.717, 1.165) is 16.2 Å². The molecular formula is C15H15NO3S. The van der Waals surface area contributed by atoms with Gasteiger partial charge < -0.3 is 15.2 Å². The van der Waals surface area contributed by atoms with E-state index in [1.54, 1.807) is 0 Å². The zero-order valence-electron chi connectivity index (χ0n) is 10.8. The van der Waals surface area contributed by atoms with Gasteiger partial charge in [0.2, 0.25) is 5.91 Å². The number of fused-ring (bicyclic) bond motifs is 1. The SMILES string of the molecule is O=C(NC[C@@H](O)c1cccs1)[C@@H]1COc2ccccc21. The summed E-state index contributed by atoms with van der Waals surface area (Å²) in [4.78, 5) is 13.0. The highest BCUT2D eigenvalue weighted by atomic mass is 32.1. The van der Waals surface area contributed by atoms with Gasteiger partial charge in [0, 0.05) is 17.0 Å². The summed E-state index contributed by atoms with van der Waals surface area (Å²) in [5.41, 5.74) is 0.913. The molecule has 1 aliphatic rings. The van der Waals surface area contributed by atoms with Gasteiger partial charge in [0.05, 0.1) is 0 Å². The number of carbonyl (C=O) groups is 1. The summed E-state index contributed by atoms with van der Waals surface area (Å²) in [7, 11) is 0. The topological polar surface area (TPSA) is 58.6 Å². The number of para-hydroxylation sites is 1. The summed E-state index contributed by atoms with van der Waals surface area (Å²) in [6.07, 6.45) is -0.656. The van der Waals surface area contributed by atoms with Gasteiger partial charge in [-0.05, 0) is 17.5 Å². The summed E-state index contributed by atoms with van der Waals surface area (Å²) in [6, 6.07) is 11.3. The molecule has 0 fully saturated rings. The molecule has 2 atom stereocenters. The molecule has 0 aliphatic carbocycles. The van der Waals surface area contributed by atoms with E-state index in [2.05, 4.69) is 5.32 Å². The predicted octanol–water partition coefficient (Wildman–Crippen LogP) is 2.07. The van der Waals surface area contributed by atoms with E-state index in [-0.39, 0.29) is 18.4 Å². The first kappa shape index (κ1) is 13.1. The number of benzene rings is 1. The Morgan fingerprint density at radius 1 is 1.40 bits per heavy atom. The van der Waals surface area contributed by atoms with E-state index in [0.29, 0.717) is 6.61 Å². The Balaban J connectivity index is 1.61. The minimum Gasteiger partial charge on any atom is -0.492 e. The lowest BCUT2D eigenvalue weighted by Crippen LogP contribution is -2.33. The lowest BCUT2D eigenvalue weighted by molar-refractivity contribution is -0.123. The first-order chi connectivity index (χ1) is 9.75. The summed E-state index contributed by atoms with van der Waals surface area (Å²) >= 11 is 1.48. The monoisotopic (exact) mass is 289 g/mol.